The molecule has 1 unspecified atom stereocenters. The van der Waals surface area contributed by atoms with Crippen LogP contribution in [0.1, 0.15) is 6.42 Å². The minimum absolute atomic E-state index is 0.208. The minimum atomic E-state index is -1.00. The van der Waals surface area contributed by atoms with Crippen molar-refractivity contribution in [3.05, 3.63) is 0 Å². The normalized spacial score (nSPS) is 19.0. The Morgan fingerprint density at radius 3 is 2.73 bits per heavy atom. The molecular formula is C10H16N2O3. The number of hydrogen-bond acceptors (Lipinski definition) is 4. The Hall–Kier alpha value is -1.09. The number of nitrogens with two attached hydrogens (primary N) is 1. The number of aliphatic carboxylic acids is 1. The molecule has 0 aromatic carbocycles. The first-order valence-electron chi connectivity index (χ1n) is 4.94. The smallest absolute Gasteiger partial charge is 0.321 e. The van der Waals surface area contributed by atoms with E-state index in [1.165, 1.54) is 0 Å². The summed E-state index contributed by atoms with van der Waals surface area (Å²) < 4.78 is 5.19. The maximum absolute atomic E-state index is 10.4. The average Bonchev–Trinajstić information content (AvgIpc) is 2.25. The minimum Gasteiger partial charge on any atom is -0.480 e. The Balaban J connectivity index is 2.18. The van der Waals surface area contributed by atoms with E-state index < -0.39 is 12.0 Å². The summed E-state index contributed by atoms with van der Waals surface area (Å²) in [5, 5.41) is 8.51. The van der Waals surface area contributed by atoms with E-state index in [2.05, 4.69) is 16.7 Å². The number of carbonyl (C=O) groups is 1. The molecule has 5 heteroatoms. The van der Waals surface area contributed by atoms with Crippen LogP contribution in [0, 0.1) is 11.8 Å². The predicted octanol–water partition coefficient (Wildman–Crippen LogP) is -0.876. The van der Waals surface area contributed by atoms with Gasteiger partial charge >= 0.3 is 5.97 Å². The van der Waals surface area contributed by atoms with Gasteiger partial charge in [0.25, 0.3) is 0 Å². The van der Waals surface area contributed by atoms with Gasteiger partial charge in [0.1, 0.15) is 6.04 Å². The maximum atomic E-state index is 10.4. The summed E-state index contributed by atoms with van der Waals surface area (Å²) >= 11 is 0. The third-order valence-electron chi connectivity index (χ3n) is 2.17. The van der Waals surface area contributed by atoms with Crippen molar-refractivity contribution >= 4 is 5.97 Å². The highest BCUT2D eigenvalue weighted by molar-refractivity contribution is 5.73. The number of nitrogens with zero attached hydrogens (tertiary/aromatic N) is 1. The van der Waals surface area contributed by atoms with Crippen LogP contribution in [0.5, 0.6) is 0 Å². The third kappa shape index (κ3) is 4.79. The zero-order valence-corrected chi connectivity index (χ0v) is 8.61. The Bertz CT molecular complexity index is 264. The molecule has 1 aliphatic heterocycles. The molecule has 1 rings (SSSR count). The van der Waals surface area contributed by atoms with Gasteiger partial charge in [0.15, 0.2) is 0 Å². The van der Waals surface area contributed by atoms with Crippen LogP contribution in [0.25, 0.3) is 0 Å². The molecule has 1 heterocycles. The molecule has 1 fully saturated rings. The molecule has 3 N–H and O–H groups in total. The molecule has 0 amide bonds. The summed E-state index contributed by atoms with van der Waals surface area (Å²) in [6, 6.07) is -0.873. The number of rotatable bonds is 3. The van der Waals surface area contributed by atoms with Gasteiger partial charge in [0.05, 0.1) is 19.8 Å². The second-order valence-electron chi connectivity index (χ2n) is 3.39. The molecule has 0 bridgehead atoms. The van der Waals surface area contributed by atoms with Crippen molar-refractivity contribution in [3.63, 3.8) is 0 Å². The lowest BCUT2D eigenvalue weighted by Crippen LogP contribution is -2.36. The summed E-state index contributed by atoms with van der Waals surface area (Å²) in [5.74, 6) is 4.69. The van der Waals surface area contributed by atoms with Gasteiger partial charge in [-0.3, -0.25) is 9.69 Å². The van der Waals surface area contributed by atoms with Crippen molar-refractivity contribution in [2.24, 2.45) is 5.73 Å². The van der Waals surface area contributed by atoms with E-state index in [0.717, 1.165) is 26.3 Å². The van der Waals surface area contributed by atoms with E-state index in [1.807, 2.05) is 0 Å². The van der Waals surface area contributed by atoms with Gasteiger partial charge in [0.2, 0.25) is 0 Å². The monoisotopic (exact) mass is 212 g/mol. The van der Waals surface area contributed by atoms with Crippen LogP contribution >= 0.6 is 0 Å². The van der Waals surface area contributed by atoms with Crippen molar-refractivity contribution in [1.82, 2.24) is 4.90 Å². The highest BCUT2D eigenvalue weighted by Gasteiger charge is 2.09. The molecule has 15 heavy (non-hydrogen) atoms. The Kier molecular flexibility index (Phi) is 5.12. The molecule has 0 aliphatic carbocycles. The fourth-order valence-electron chi connectivity index (χ4n) is 1.20. The number of carboxylic acids is 1. The Labute approximate surface area is 89.2 Å². The van der Waals surface area contributed by atoms with Gasteiger partial charge in [0, 0.05) is 19.5 Å². The van der Waals surface area contributed by atoms with Crippen molar-refractivity contribution in [2.45, 2.75) is 12.5 Å². The van der Waals surface area contributed by atoms with E-state index in [9.17, 15) is 4.79 Å². The van der Waals surface area contributed by atoms with Crippen molar-refractivity contribution in [1.29, 1.82) is 0 Å². The van der Waals surface area contributed by atoms with Gasteiger partial charge in [-0.1, -0.05) is 11.8 Å². The van der Waals surface area contributed by atoms with E-state index in [1.54, 1.807) is 0 Å². The summed E-state index contributed by atoms with van der Waals surface area (Å²) in [6.45, 7) is 3.93. The summed E-state index contributed by atoms with van der Waals surface area (Å²) in [4.78, 5) is 12.5. The van der Waals surface area contributed by atoms with Crippen molar-refractivity contribution < 1.29 is 14.6 Å². The van der Waals surface area contributed by atoms with Crippen LogP contribution < -0.4 is 5.73 Å². The van der Waals surface area contributed by atoms with E-state index in [-0.39, 0.29) is 6.42 Å². The van der Waals surface area contributed by atoms with E-state index in [4.69, 9.17) is 15.6 Å². The van der Waals surface area contributed by atoms with Gasteiger partial charge in [-0.05, 0) is 0 Å². The molecule has 1 saturated heterocycles. The largest absolute Gasteiger partial charge is 0.480 e. The number of hydrogen-bond donors (Lipinski definition) is 2. The zero-order chi connectivity index (χ0) is 11.1. The fourth-order valence-corrected chi connectivity index (χ4v) is 1.20. The maximum Gasteiger partial charge on any atom is 0.321 e. The number of carboxylic acid groups (broad SMARTS) is 1. The first kappa shape index (κ1) is 12.0. The second-order valence-corrected chi connectivity index (χ2v) is 3.39. The zero-order valence-electron chi connectivity index (χ0n) is 8.61. The topological polar surface area (TPSA) is 75.8 Å². The van der Waals surface area contributed by atoms with Crippen LogP contribution in [0.4, 0.5) is 0 Å². The second kappa shape index (κ2) is 6.40. The molecule has 0 aromatic rings. The van der Waals surface area contributed by atoms with Crippen LogP contribution in [0.2, 0.25) is 0 Å². The predicted molar refractivity (Wildman–Crippen MR) is 55.3 cm³/mol. The number of morpholine rings is 1. The molecule has 0 spiro atoms. The summed E-state index contributed by atoms with van der Waals surface area (Å²) in [6.07, 6.45) is 0.208. The standard InChI is InChI=1S/C10H16N2O3/c11-9(10(13)14)3-1-2-4-12-5-7-15-8-6-12/h9H,3-8,11H2,(H,13,14). The van der Waals surface area contributed by atoms with Crippen molar-refractivity contribution in [3.8, 4) is 11.8 Å². The Morgan fingerprint density at radius 2 is 2.13 bits per heavy atom. The molecule has 0 aromatic heterocycles. The molecule has 84 valence electrons. The molecule has 1 atom stereocenters. The Morgan fingerprint density at radius 1 is 1.47 bits per heavy atom. The molecular weight excluding hydrogens is 196 g/mol. The molecule has 0 radical (unpaired) electrons. The van der Waals surface area contributed by atoms with E-state index >= 15 is 0 Å². The molecule has 1 aliphatic rings. The van der Waals surface area contributed by atoms with Gasteiger partial charge in [-0.15, -0.1) is 0 Å². The lowest BCUT2D eigenvalue weighted by atomic mass is 10.2. The highest BCUT2D eigenvalue weighted by Crippen LogP contribution is 1.94. The van der Waals surface area contributed by atoms with Gasteiger partial charge in [-0.2, -0.15) is 0 Å². The first-order valence-corrected chi connectivity index (χ1v) is 4.94. The lowest BCUT2D eigenvalue weighted by molar-refractivity contribution is -0.138. The lowest BCUT2D eigenvalue weighted by Gasteiger charge is -2.24. The SMILES string of the molecule is NC(CC#CCN1CCOCC1)C(=O)O. The molecule has 5 nitrogen and oxygen atoms in total. The average molecular weight is 212 g/mol. The molecule has 0 saturated carbocycles. The summed E-state index contributed by atoms with van der Waals surface area (Å²) in [5.41, 5.74) is 5.30. The van der Waals surface area contributed by atoms with Crippen LogP contribution in [0.15, 0.2) is 0 Å². The van der Waals surface area contributed by atoms with Gasteiger partial charge < -0.3 is 15.6 Å². The quantitative estimate of drug-likeness (QED) is 0.594. The fraction of sp³-hybridized carbons (Fsp3) is 0.700. The first-order chi connectivity index (χ1) is 7.20. The number of ether oxygens (including phenoxy) is 1. The summed E-state index contributed by atoms with van der Waals surface area (Å²) in [7, 11) is 0. The third-order valence-corrected chi connectivity index (χ3v) is 2.17. The van der Waals surface area contributed by atoms with Gasteiger partial charge in [-0.25, -0.2) is 0 Å². The van der Waals surface area contributed by atoms with E-state index in [0.29, 0.717) is 6.54 Å². The van der Waals surface area contributed by atoms with Crippen LogP contribution in [-0.4, -0.2) is 54.9 Å². The highest BCUT2D eigenvalue weighted by atomic mass is 16.5. The van der Waals surface area contributed by atoms with Crippen LogP contribution in [0.3, 0.4) is 0 Å². The van der Waals surface area contributed by atoms with Crippen LogP contribution in [-0.2, 0) is 9.53 Å². The van der Waals surface area contributed by atoms with Crippen molar-refractivity contribution in [2.75, 3.05) is 32.8 Å².